The number of carbonyl (C=O) groups excluding carboxylic acids is 1. The molecule has 8 heteroatoms. The van der Waals surface area contributed by atoms with Gasteiger partial charge in [-0.05, 0) is 35.2 Å². The standard InChI is InChI=1S/C18H20N2O5S/c1-18(2,3)13-6-8-14(9-7-13)19-17(21)12-5-10-16(26(4,24)25)15(11-12)20(22)23/h5-11H,1-4H3,(H,19,21). The molecule has 2 aromatic carbocycles. The maximum atomic E-state index is 12.3. The molecule has 2 aromatic rings. The van der Waals surface area contributed by atoms with Gasteiger partial charge in [0.25, 0.3) is 11.6 Å². The number of carbonyl (C=O) groups is 1. The van der Waals surface area contributed by atoms with Crippen molar-refractivity contribution in [3.8, 4) is 0 Å². The number of benzene rings is 2. The monoisotopic (exact) mass is 376 g/mol. The fraction of sp³-hybridized carbons (Fsp3) is 0.278. The third-order valence-corrected chi connectivity index (χ3v) is 4.97. The molecule has 0 radical (unpaired) electrons. The molecule has 0 aliphatic rings. The van der Waals surface area contributed by atoms with Gasteiger partial charge in [-0.2, -0.15) is 0 Å². The first-order valence-electron chi connectivity index (χ1n) is 7.80. The lowest BCUT2D eigenvalue weighted by Crippen LogP contribution is -2.14. The van der Waals surface area contributed by atoms with Crippen molar-refractivity contribution >= 4 is 27.1 Å². The Morgan fingerprint density at radius 3 is 2.12 bits per heavy atom. The minimum absolute atomic E-state index is 0.00370. The first kappa shape index (κ1) is 19.6. The molecule has 0 spiro atoms. The molecule has 0 saturated carbocycles. The summed E-state index contributed by atoms with van der Waals surface area (Å²) >= 11 is 0. The Hall–Kier alpha value is -2.74. The molecule has 0 fully saturated rings. The number of nitro benzene ring substituents is 1. The van der Waals surface area contributed by atoms with Gasteiger partial charge in [-0.1, -0.05) is 32.9 Å². The van der Waals surface area contributed by atoms with E-state index in [4.69, 9.17) is 0 Å². The van der Waals surface area contributed by atoms with Crippen LogP contribution in [-0.2, 0) is 15.3 Å². The summed E-state index contributed by atoms with van der Waals surface area (Å²) in [6.07, 6.45) is 0.881. The van der Waals surface area contributed by atoms with Gasteiger partial charge in [-0.25, -0.2) is 8.42 Å². The van der Waals surface area contributed by atoms with E-state index >= 15 is 0 Å². The smallest absolute Gasteiger partial charge is 0.288 e. The van der Waals surface area contributed by atoms with Crippen LogP contribution in [0.1, 0.15) is 36.7 Å². The highest BCUT2D eigenvalue weighted by atomic mass is 32.2. The van der Waals surface area contributed by atoms with E-state index in [1.807, 2.05) is 12.1 Å². The first-order chi connectivity index (χ1) is 11.9. The molecule has 0 unspecified atom stereocenters. The van der Waals surface area contributed by atoms with E-state index in [-0.39, 0.29) is 11.0 Å². The summed E-state index contributed by atoms with van der Waals surface area (Å²) in [5.41, 5.74) is 0.999. The highest BCUT2D eigenvalue weighted by molar-refractivity contribution is 7.90. The first-order valence-corrected chi connectivity index (χ1v) is 9.69. The van der Waals surface area contributed by atoms with Crippen molar-refractivity contribution in [1.29, 1.82) is 0 Å². The second-order valence-electron chi connectivity index (χ2n) is 6.99. The molecule has 0 atom stereocenters. The van der Waals surface area contributed by atoms with Crippen LogP contribution in [0.4, 0.5) is 11.4 Å². The van der Waals surface area contributed by atoms with Gasteiger partial charge < -0.3 is 5.32 Å². The lowest BCUT2D eigenvalue weighted by molar-refractivity contribution is -0.387. The molecule has 2 rings (SSSR count). The Morgan fingerprint density at radius 1 is 1.08 bits per heavy atom. The fourth-order valence-electron chi connectivity index (χ4n) is 2.37. The Labute approximate surface area is 152 Å². The van der Waals surface area contributed by atoms with Crippen LogP contribution in [0.5, 0.6) is 0 Å². The van der Waals surface area contributed by atoms with E-state index in [1.165, 1.54) is 6.07 Å². The molecule has 1 amide bonds. The van der Waals surface area contributed by atoms with E-state index in [0.29, 0.717) is 5.69 Å². The predicted octanol–water partition coefficient (Wildman–Crippen LogP) is 3.55. The summed E-state index contributed by atoms with van der Waals surface area (Å²) < 4.78 is 23.3. The van der Waals surface area contributed by atoms with Crippen LogP contribution in [0.25, 0.3) is 0 Å². The molecule has 138 valence electrons. The maximum absolute atomic E-state index is 12.3. The van der Waals surface area contributed by atoms with E-state index in [0.717, 1.165) is 24.0 Å². The van der Waals surface area contributed by atoms with Gasteiger partial charge in [0.15, 0.2) is 9.84 Å². The number of nitro groups is 1. The number of nitrogens with one attached hydrogen (secondary N) is 1. The van der Waals surface area contributed by atoms with Crippen molar-refractivity contribution in [1.82, 2.24) is 0 Å². The zero-order valence-corrected chi connectivity index (χ0v) is 15.8. The van der Waals surface area contributed by atoms with E-state index < -0.39 is 31.3 Å². The van der Waals surface area contributed by atoms with Gasteiger partial charge in [0.2, 0.25) is 0 Å². The number of hydrogen-bond acceptors (Lipinski definition) is 5. The lowest BCUT2D eigenvalue weighted by Gasteiger charge is -2.19. The zero-order chi connectivity index (χ0) is 19.7. The van der Waals surface area contributed by atoms with Gasteiger partial charge in [-0.15, -0.1) is 0 Å². The average Bonchev–Trinajstić information content (AvgIpc) is 2.53. The Kier molecular flexibility index (Phi) is 5.18. The predicted molar refractivity (Wildman–Crippen MR) is 99.3 cm³/mol. The quantitative estimate of drug-likeness (QED) is 0.649. The largest absolute Gasteiger partial charge is 0.322 e. The van der Waals surface area contributed by atoms with Gasteiger partial charge >= 0.3 is 0 Å². The molecule has 0 aromatic heterocycles. The topological polar surface area (TPSA) is 106 Å². The third kappa shape index (κ3) is 4.45. The van der Waals surface area contributed by atoms with Crippen LogP contribution in [0.15, 0.2) is 47.4 Å². The molecule has 0 aliphatic heterocycles. The van der Waals surface area contributed by atoms with E-state index in [9.17, 15) is 23.3 Å². The summed E-state index contributed by atoms with van der Waals surface area (Å²) in [6.45, 7) is 6.22. The second-order valence-corrected chi connectivity index (χ2v) is 8.98. The highest BCUT2D eigenvalue weighted by Gasteiger charge is 2.24. The van der Waals surface area contributed by atoms with Crippen LogP contribution in [-0.4, -0.2) is 25.5 Å². The number of amides is 1. The molecule has 0 saturated heterocycles. The summed E-state index contributed by atoms with van der Waals surface area (Å²) in [5.74, 6) is -0.559. The molecule has 1 N–H and O–H groups in total. The van der Waals surface area contributed by atoms with Crippen molar-refractivity contribution in [3.63, 3.8) is 0 Å². The average molecular weight is 376 g/mol. The summed E-state index contributed by atoms with van der Waals surface area (Å²) in [7, 11) is -3.77. The summed E-state index contributed by atoms with van der Waals surface area (Å²) in [5, 5.41) is 13.8. The lowest BCUT2D eigenvalue weighted by atomic mass is 9.87. The van der Waals surface area contributed by atoms with Crippen LogP contribution in [0, 0.1) is 10.1 Å². The van der Waals surface area contributed by atoms with E-state index in [2.05, 4.69) is 26.1 Å². The second kappa shape index (κ2) is 6.87. The normalized spacial score (nSPS) is 11.8. The number of nitrogens with zero attached hydrogens (tertiary/aromatic N) is 1. The maximum Gasteiger partial charge on any atom is 0.288 e. The summed E-state index contributed by atoms with van der Waals surface area (Å²) in [6, 6.07) is 10.6. The van der Waals surface area contributed by atoms with Gasteiger partial charge in [0.05, 0.1) is 4.92 Å². The Morgan fingerprint density at radius 2 is 1.65 bits per heavy atom. The number of anilines is 1. The third-order valence-electron chi connectivity index (χ3n) is 3.83. The number of sulfone groups is 1. The van der Waals surface area contributed by atoms with Crippen LogP contribution in [0.2, 0.25) is 0 Å². The number of hydrogen-bond donors (Lipinski definition) is 1. The number of rotatable bonds is 4. The highest BCUT2D eigenvalue weighted by Crippen LogP contribution is 2.26. The SMILES string of the molecule is CC(C)(C)c1ccc(NC(=O)c2ccc(S(C)(=O)=O)c([N+](=O)[O-])c2)cc1. The van der Waals surface area contributed by atoms with Crippen molar-refractivity contribution in [2.75, 3.05) is 11.6 Å². The zero-order valence-electron chi connectivity index (χ0n) is 14.9. The van der Waals surface area contributed by atoms with Crippen molar-refractivity contribution in [3.05, 3.63) is 63.7 Å². The minimum Gasteiger partial charge on any atom is -0.322 e. The van der Waals surface area contributed by atoms with Crippen molar-refractivity contribution in [2.45, 2.75) is 31.1 Å². The molecular formula is C18H20N2O5S. The van der Waals surface area contributed by atoms with Crippen LogP contribution in [0.3, 0.4) is 0 Å². The van der Waals surface area contributed by atoms with Gasteiger partial charge in [0.1, 0.15) is 4.90 Å². The Balaban J connectivity index is 2.30. The van der Waals surface area contributed by atoms with Gasteiger partial charge in [-0.3, -0.25) is 14.9 Å². The molecular weight excluding hydrogens is 356 g/mol. The molecule has 0 bridgehead atoms. The van der Waals surface area contributed by atoms with Crippen LogP contribution >= 0.6 is 0 Å². The van der Waals surface area contributed by atoms with Crippen molar-refractivity contribution < 1.29 is 18.1 Å². The minimum atomic E-state index is -3.77. The van der Waals surface area contributed by atoms with Gasteiger partial charge in [0, 0.05) is 23.6 Å². The molecule has 7 nitrogen and oxygen atoms in total. The molecule has 26 heavy (non-hydrogen) atoms. The summed E-state index contributed by atoms with van der Waals surface area (Å²) in [4.78, 5) is 22.3. The van der Waals surface area contributed by atoms with E-state index in [1.54, 1.807) is 12.1 Å². The van der Waals surface area contributed by atoms with Crippen molar-refractivity contribution in [2.24, 2.45) is 0 Å². The van der Waals surface area contributed by atoms with Crippen LogP contribution < -0.4 is 5.32 Å². The molecule has 0 heterocycles. The molecule has 0 aliphatic carbocycles. The Bertz CT molecular complexity index is 958. The fourth-order valence-corrected chi connectivity index (χ4v) is 3.20.